The molecule has 1 amide bonds. The quantitative estimate of drug-likeness (QED) is 0.489. The van der Waals surface area contributed by atoms with Gasteiger partial charge in [-0.2, -0.15) is 0 Å². The largest absolute Gasteiger partial charge is 0.374 e. The lowest BCUT2D eigenvalue weighted by Crippen LogP contribution is -2.31. The summed E-state index contributed by atoms with van der Waals surface area (Å²) in [5, 5.41) is 6.32. The molecule has 0 aliphatic heterocycles. The molecule has 3 aromatic rings. The van der Waals surface area contributed by atoms with Gasteiger partial charge in [-0.15, -0.1) is 0 Å². The summed E-state index contributed by atoms with van der Waals surface area (Å²) in [5.41, 5.74) is 1.56. The number of nitrogens with one attached hydrogen (secondary N) is 3. The van der Waals surface area contributed by atoms with Gasteiger partial charge in [-0.25, -0.2) is 12.8 Å². The number of anilines is 3. The zero-order valence-electron chi connectivity index (χ0n) is 15.9. The average molecular weight is 448 g/mol. The van der Waals surface area contributed by atoms with Crippen LogP contribution in [0.2, 0.25) is 5.02 Å². The van der Waals surface area contributed by atoms with Crippen molar-refractivity contribution in [3.63, 3.8) is 0 Å². The molecule has 0 aliphatic rings. The summed E-state index contributed by atoms with van der Waals surface area (Å²) in [7, 11) is -3.83. The highest BCUT2D eigenvalue weighted by molar-refractivity contribution is 7.92. The second-order valence-electron chi connectivity index (χ2n) is 6.50. The monoisotopic (exact) mass is 447 g/mol. The lowest BCUT2D eigenvalue weighted by atomic mass is 10.2. The zero-order valence-corrected chi connectivity index (χ0v) is 17.5. The smallest absolute Gasteiger partial charge is 0.261 e. The third-order valence-electron chi connectivity index (χ3n) is 4.13. The molecule has 3 N–H and O–H groups in total. The molecule has 0 aromatic heterocycles. The lowest BCUT2D eigenvalue weighted by Gasteiger charge is -2.16. The third-order valence-corrected chi connectivity index (χ3v) is 5.76. The van der Waals surface area contributed by atoms with E-state index in [1.54, 1.807) is 55.5 Å². The van der Waals surface area contributed by atoms with Gasteiger partial charge in [0, 0.05) is 22.1 Å². The van der Waals surface area contributed by atoms with Gasteiger partial charge in [-0.05, 0) is 73.7 Å². The summed E-state index contributed by atoms with van der Waals surface area (Å²) in [6.45, 7) is 1.70. The summed E-state index contributed by atoms with van der Waals surface area (Å²) >= 11 is 5.91. The van der Waals surface area contributed by atoms with Gasteiger partial charge in [0.2, 0.25) is 5.91 Å². The van der Waals surface area contributed by atoms with E-state index in [1.807, 2.05) is 0 Å². The maximum Gasteiger partial charge on any atom is 0.261 e. The van der Waals surface area contributed by atoms with Gasteiger partial charge in [0.15, 0.2) is 0 Å². The van der Waals surface area contributed by atoms with E-state index in [-0.39, 0.29) is 10.8 Å². The number of rotatable bonds is 7. The number of hydrogen-bond donors (Lipinski definition) is 3. The van der Waals surface area contributed by atoms with Gasteiger partial charge in [-0.3, -0.25) is 9.52 Å². The van der Waals surface area contributed by atoms with Gasteiger partial charge in [0.05, 0.1) is 4.90 Å². The Balaban J connectivity index is 1.61. The molecule has 3 aromatic carbocycles. The van der Waals surface area contributed by atoms with E-state index < -0.39 is 21.9 Å². The van der Waals surface area contributed by atoms with E-state index >= 15 is 0 Å². The zero-order chi connectivity index (χ0) is 21.7. The van der Waals surface area contributed by atoms with Gasteiger partial charge >= 0.3 is 0 Å². The van der Waals surface area contributed by atoms with Crippen molar-refractivity contribution in [2.24, 2.45) is 0 Å². The average Bonchev–Trinajstić information content (AvgIpc) is 2.69. The predicted octanol–water partition coefficient (Wildman–Crippen LogP) is 4.72. The summed E-state index contributed by atoms with van der Waals surface area (Å²) in [6, 6.07) is 17.2. The van der Waals surface area contributed by atoms with Crippen molar-refractivity contribution >= 4 is 44.6 Å². The lowest BCUT2D eigenvalue weighted by molar-refractivity contribution is -0.116. The van der Waals surface area contributed by atoms with E-state index in [1.165, 1.54) is 12.1 Å². The Morgan fingerprint density at radius 1 is 0.933 bits per heavy atom. The van der Waals surface area contributed by atoms with Crippen LogP contribution in [-0.4, -0.2) is 20.4 Å². The number of halogens is 2. The Hall–Kier alpha value is -3.10. The summed E-state index contributed by atoms with van der Waals surface area (Å²) in [4.78, 5) is 12.3. The fourth-order valence-electron chi connectivity index (χ4n) is 2.59. The molecule has 0 bridgehead atoms. The minimum absolute atomic E-state index is 0.0441. The summed E-state index contributed by atoms with van der Waals surface area (Å²) in [5.74, 6) is -0.767. The molecule has 3 rings (SSSR count). The predicted molar refractivity (Wildman–Crippen MR) is 117 cm³/mol. The number of carbonyl (C=O) groups is 1. The number of carbonyl (C=O) groups excluding carboxylic acids is 1. The molecular weight excluding hydrogens is 429 g/mol. The SMILES string of the molecule is CC(Nc1ccc(NS(=O)(=O)c2ccc(F)cc2)cc1)C(=O)Nc1cccc(Cl)c1. The molecule has 0 saturated carbocycles. The van der Waals surface area contributed by atoms with Crippen molar-refractivity contribution in [2.45, 2.75) is 17.9 Å². The number of benzene rings is 3. The maximum absolute atomic E-state index is 13.0. The molecule has 1 unspecified atom stereocenters. The van der Waals surface area contributed by atoms with Gasteiger partial charge < -0.3 is 10.6 Å². The fraction of sp³-hybridized carbons (Fsp3) is 0.0952. The standard InChI is InChI=1S/C21H19ClFN3O3S/c1-14(21(27)25-19-4-2-3-15(22)13-19)24-17-7-9-18(10-8-17)26-30(28,29)20-11-5-16(23)6-12-20/h2-14,24,26H,1H3,(H,25,27). The number of amides is 1. The Kier molecular flexibility index (Phi) is 6.59. The minimum Gasteiger partial charge on any atom is -0.374 e. The van der Waals surface area contributed by atoms with Crippen molar-refractivity contribution in [3.05, 3.63) is 83.6 Å². The first kappa shape index (κ1) is 21.6. The van der Waals surface area contributed by atoms with E-state index in [4.69, 9.17) is 11.6 Å². The first-order valence-corrected chi connectivity index (χ1v) is 10.8. The minimum atomic E-state index is -3.83. The van der Waals surface area contributed by atoms with Crippen LogP contribution in [0.4, 0.5) is 21.5 Å². The topological polar surface area (TPSA) is 87.3 Å². The van der Waals surface area contributed by atoms with Crippen molar-refractivity contribution in [2.75, 3.05) is 15.4 Å². The second-order valence-corrected chi connectivity index (χ2v) is 8.62. The van der Waals surface area contributed by atoms with E-state index in [0.29, 0.717) is 22.1 Å². The molecule has 0 saturated heterocycles. The molecule has 1 atom stereocenters. The third kappa shape index (κ3) is 5.71. The number of hydrogen-bond acceptors (Lipinski definition) is 4. The van der Waals surface area contributed by atoms with Crippen LogP contribution in [0.3, 0.4) is 0 Å². The Bertz CT molecular complexity index is 1140. The van der Waals surface area contributed by atoms with Crippen molar-refractivity contribution in [3.8, 4) is 0 Å². The van der Waals surface area contributed by atoms with Crippen molar-refractivity contribution in [1.29, 1.82) is 0 Å². The molecule has 156 valence electrons. The van der Waals surface area contributed by atoms with Crippen LogP contribution < -0.4 is 15.4 Å². The molecule has 6 nitrogen and oxygen atoms in total. The molecule has 0 heterocycles. The Labute approximate surface area is 179 Å². The van der Waals surface area contributed by atoms with Gasteiger partial charge in [-0.1, -0.05) is 17.7 Å². The van der Waals surface area contributed by atoms with E-state index in [2.05, 4.69) is 15.4 Å². The second kappa shape index (κ2) is 9.15. The van der Waals surface area contributed by atoms with E-state index in [9.17, 15) is 17.6 Å². The molecule has 0 spiro atoms. The molecule has 0 fully saturated rings. The van der Waals surface area contributed by atoms with E-state index in [0.717, 1.165) is 12.1 Å². The first-order valence-electron chi connectivity index (χ1n) is 8.94. The van der Waals surface area contributed by atoms with Crippen molar-refractivity contribution < 1.29 is 17.6 Å². The van der Waals surface area contributed by atoms with Crippen LogP contribution in [0, 0.1) is 5.82 Å². The fourth-order valence-corrected chi connectivity index (χ4v) is 3.84. The normalized spacial score (nSPS) is 12.1. The molecule has 30 heavy (non-hydrogen) atoms. The molecule has 9 heteroatoms. The van der Waals surface area contributed by atoms with Crippen LogP contribution in [0.25, 0.3) is 0 Å². The summed E-state index contributed by atoms with van der Waals surface area (Å²) < 4.78 is 40.1. The Morgan fingerprint density at radius 3 is 2.20 bits per heavy atom. The van der Waals surface area contributed by atoms with Crippen LogP contribution in [0.5, 0.6) is 0 Å². The van der Waals surface area contributed by atoms with Gasteiger partial charge in [0.25, 0.3) is 10.0 Å². The van der Waals surface area contributed by atoms with Crippen LogP contribution in [-0.2, 0) is 14.8 Å². The van der Waals surface area contributed by atoms with Crippen molar-refractivity contribution in [1.82, 2.24) is 0 Å². The molecule has 0 radical (unpaired) electrons. The highest BCUT2D eigenvalue weighted by Crippen LogP contribution is 2.20. The van der Waals surface area contributed by atoms with Crippen LogP contribution in [0.15, 0.2) is 77.7 Å². The van der Waals surface area contributed by atoms with Gasteiger partial charge in [0.1, 0.15) is 11.9 Å². The Morgan fingerprint density at radius 2 is 1.57 bits per heavy atom. The molecule has 0 aliphatic carbocycles. The highest BCUT2D eigenvalue weighted by atomic mass is 35.5. The first-order chi connectivity index (χ1) is 14.2. The molecular formula is C21H19ClFN3O3S. The van der Waals surface area contributed by atoms with Crippen LogP contribution >= 0.6 is 11.6 Å². The highest BCUT2D eigenvalue weighted by Gasteiger charge is 2.15. The van der Waals surface area contributed by atoms with Crippen LogP contribution in [0.1, 0.15) is 6.92 Å². The maximum atomic E-state index is 13.0. The number of sulfonamides is 1. The summed E-state index contributed by atoms with van der Waals surface area (Å²) in [6.07, 6.45) is 0.